The van der Waals surface area contributed by atoms with Crippen LogP contribution in [0.25, 0.3) is 0 Å². The van der Waals surface area contributed by atoms with Crippen LogP contribution >= 0.6 is 0 Å². The molecule has 2 unspecified atom stereocenters. The number of hydrogen-bond acceptors (Lipinski definition) is 2. The van der Waals surface area contributed by atoms with Gasteiger partial charge in [-0.25, -0.2) is 0 Å². The van der Waals surface area contributed by atoms with Crippen LogP contribution in [-0.2, 0) is 4.74 Å². The van der Waals surface area contributed by atoms with Crippen LogP contribution in [0.1, 0.15) is 25.7 Å². The molecule has 2 atom stereocenters. The van der Waals surface area contributed by atoms with Gasteiger partial charge in [0, 0.05) is 7.11 Å². The predicted octanol–water partition coefficient (Wildman–Crippen LogP) is 2.10. The quantitative estimate of drug-likeness (QED) is 0.755. The summed E-state index contributed by atoms with van der Waals surface area (Å²) < 4.78 is 43.6. The summed E-state index contributed by atoms with van der Waals surface area (Å²) in [6.07, 6.45) is -3.04. The summed E-state index contributed by atoms with van der Waals surface area (Å²) in [5, 5.41) is 2.41. The number of alkyl halides is 3. The van der Waals surface area contributed by atoms with Crippen LogP contribution in [0.5, 0.6) is 0 Å². The molecule has 1 aliphatic rings. The lowest BCUT2D eigenvalue weighted by Gasteiger charge is -2.44. The van der Waals surface area contributed by atoms with Crippen molar-refractivity contribution in [1.82, 2.24) is 5.32 Å². The summed E-state index contributed by atoms with van der Waals surface area (Å²) in [7, 11) is 2.69. The largest absolute Gasteiger partial charge is 0.409 e. The Hall–Kier alpha value is -0.290. The second-order valence-corrected chi connectivity index (χ2v) is 3.69. The number of methoxy groups -OCH3 is 1. The third-order valence-electron chi connectivity index (χ3n) is 3.07. The van der Waals surface area contributed by atoms with Gasteiger partial charge in [0.1, 0.15) is 5.54 Å². The van der Waals surface area contributed by atoms with Gasteiger partial charge in [0.25, 0.3) is 0 Å². The van der Waals surface area contributed by atoms with Crippen molar-refractivity contribution in [2.75, 3.05) is 14.2 Å². The number of nitrogens with one attached hydrogen (secondary N) is 1. The molecule has 0 aromatic rings. The summed E-state index contributed by atoms with van der Waals surface area (Å²) in [4.78, 5) is 0. The lowest BCUT2D eigenvalue weighted by atomic mass is 9.78. The Morgan fingerprint density at radius 3 is 2.36 bits per heavy atom. The maximum Gasteiger partial charge on any atom is 0.409 e. The zero-order valence-corrected chi connectivity index (χ0v) is 8.45. The summed E-state index contributed by atoms with van der Waals surface area (Å²) in [6, 6.07) is 0. The van der Waals surface area contributed by atoms with Crippen LogP contribution < -0.4 is 5.32 Å². The Labute approximate surface area is 81.8 Å². The monoisotopic (exact) mass is 211 g/mol. The van der Waals surface area contributed by atoms with Crippen molar-refractivity contribution in [2.45, 2.75) is 43.5 Å². The Kier molecular flexibility index (Phi) is 3.42. The minimum atomic E-state index is -4.25. The van der Waals surface area contributed by atoms with Crippen LogP contribution in [0.3, 0.4) is 0 Å². The number of rotatable bonds is 2. The molecule has 0 amide bonds. The van der Waals surface area contributed by atoms with E-state index < -0.39 is 17.8 Å². The van der Waals surface area contributed by atoms with Gasteiger partial charge >= 0.3 is 6.18 Å². The van der Waals surface area contributed by atoms with Crippen LogP contribution in [0.2, 0.25) is 0 Å². The average Bonchev–Trinajstić information content (AvgIpc) is 2.15. The van der Waals surface area contributed by atoms with Crippen molar-refractivity contribution in [3.63, 3.8) is 0 Å². The highest BCUT2D eigenvalue weighted by Crippen LogP contribution is 2.42. The highest BCUT2D eigenvalue weighted by molar-refractivity contribution is 5.03. The molecule has 0 aliphatic heterocycles. The first-order valence-corrected chi connectivity index (χ1v) is 4.76. The molecule has 1 saturated carbocycles. The standard InChI is InChI=1S/C9H16F3NO/c1-13-8(9(10,11)12)6-4-3-5-7(8)14-2/h7,13H,3-6H2,1-2H3. The van der Waals surface area contributed by atoms with E-state index in [4.69, 9.17) is 4.74 Å². The fourth-order valence-corrected chi connectivity index (χ4v) is 2.21. The molecule has 0 saturated heterocycles. The molecule has 1 fully saturated rings. The van der Waals surface area contributed by atoms with E-state index in [-0.39, 0.29) is 6.42 Å². The highest BCUT2D eigenvalue weighted by atomic mass is 19.4. The van der Waals surface area contributed by atoms with Crippen molar-refractivity contribution in [2.24, 2.45) is 0 Å². The van der Waals surface area contributed by atoms with Crippen LogP contribution in [-0.4, -0.2) is 32.0 Å². The maximum atomic E-state index is 12.9. The molecule has 5 heteroatoms. The van der Waals surface area contributed by atoms with Gasteiger partial charge < -0.3 is 10.1 Å². The second-order valence-electron chi connectivity index (χ2n) is 3.69. The molecule has 0 bridgehead atoms. The molecule has 0 aromatic carbocycles. The molecule has 0 spiro atoms. The topological polar surface area (TPSA) is 21.3 Å². The number of likely N-dealkylation sites (N-methyl/N-ethyl adjacent to an activating group) is 1. The molecule has 2 nitrogen and oxygen atoms in total. The van der Waals surface area contributed by atoms with Gasteiger partial charge in [-0.2, -0.15) is 13.2 Å². The van der Waals surface area contributed by atoms with Crippen molar-refractivity contribution in [3.05, 3.63) is 0 Å². The first kappa shape index (κ1) is 11.8. The summed E-state index contributed by atoms with van der Waals surface area (Å²) in [5.41, 5.74) is -1.85. The van der Waals surface area contributed by atoms with Crippen LogP contribution in [0.15, 0.2) is 0 Å². The first-order chi connectivity index (χ1) is 6.48. The van der Waals surface area contributed by atoms with Crippen molar-refractivity contribution in [1.29, 1.82) is 0 Å². The van der Waals surface area contributed by atoms with E-state index in [9.17, 15) is 13.2 Å². The first-order valence-electron chi connectivity index (χ1n) is 4.76. The van der Waals surface area contributed by atoms with E-state index in [1.165, 1.54) is 14.2 Å². The van der Waals surface area contributed by atoms with Gasteiger partial charge in [-0.15, -0.1) is 0 Å². The molecular formula is C9H16F3NO. The van der Waals surface area contributed by atoms with Gasteiger partial charge in [-0.1, -0.05) is 12.8 Å². The summed E-state index contributed by atoms with van der Waals surface area (Å²) in [5.74, 6) is 0. The lowest BCUT2D eigenvalue weighted by Crippen LogP contribution is -2.64. The molecule has 1 N–H and O–H groups in total. The second kappa shape index (κ2) is 4.06. The number of halogens is 3. The van der Waals surface area contributed by atoms with Crippen LogP contribution in [0, 0.1) is 0 Å². The zero-order valence-electron chi connectivity index (χ0n) is 8.45. The molecule has 0 heterocycles. The molecule has 1 rings (SSSR count). The van der Waals surface area contributed by atoms with E-state index in [0.29, 0.717) is 12.8 Å². The van der Waals surface area contributed by atoms with E-state index in [0.717, 1.165) is 6.42 Å². The molecule has 14 heavy (non-hydrogen) atoms. The Balaban J connectivity index is 2.93. The third-order valence-corrected chi connectivity index (χ3v) is 3.07. The molecule has 0 radical (unpaired) electrons. The summed E-state index contributed by atoms with van der Waals surface area (Å²) >= 11 is 0. The number of hydrogen-bond donors (Lipinski definition) is 1. The fraction of sp³-hybridized carbons (Fsp3) is 1.00. The van der Waals surface area contributed by atoms with Crippen molar-refractivity contribution < 1.29 is 17.9 Å². The van der Waals surface area contributed by atoms with Gasteiger partial charge in [0.15, 0.2) is 0 Å². The molecule has 1 aliphatic carbocycles. The maximum absolute atomic E-state index is 12.9. The van der Waals surface area contributed by atoms with Gasteiger partial charge in [-0.05, 0) is 19.9 Å². The van der Waals surface area contributed by atoms with E-state index in [1.807, 2.05) is 0 Å². The number of ether oxygens (including phenoxy) is 1. The van der Waals surface area contributed by atoms with Crippen molar-refractivity contribution >= 4 is 0 Å². The molecule has 84 valence electrons. The van der Waals surface area contributed by atoms with Crippen molar-refractivity contribution in [3.8, 4) is 0 Å². The van der Waals surface area contributed by atoms with E-state index in [1.54, 1.807) is 0 Å². The highest BCUT2D eigenvalue weighted by Gasteiger charge is 2.59. The van der Waals surface area contributed by atoms with Gasteiger partial charge in [-0.3, -0.25) is 0 Å². The van der Waals surface area contributed by atoms with Gasteiger partial charge in [0.2, 0.25) is 0 Å². The Morgan fingerprint density at radius 1 is 1.36 bits per heavy atom. The average molecular weight is 211 g/mol. The Morgan fingerprint density at radius 2 is 2.00 bits per heavy atom. The van der Waals surface area contributed by atoms with E-state index in [2.05, 4.69) is 5.32 Å². The zero-order chi connectivity index (χ0) is 10.8. The van der Waals surface area contributed by atoms with Crippen LogP contribution in [0.4, 0.5) is 13.2 Å². The minimum absolute atomic E-state index is 0.103. The SMILES string of the molecule is CNC1(C(F)(F)F)CCCCC1OC. The minimum Gasteiger partial charge on any atom is -0.379 e. The third kappa shape index (κ3) is 1.75. The van der Waals surface area contributed by atoms with Gasteiger partial charge in [0.05, 0.1) is 6.10 Å². The van der Waals surface area contributed by atoms with E-state index >= 15 is 0 Å². The normalized spacial score (nSPS) is 34.5. The smallest absolute Gasteiger partial charge is 0.379 e. The molecule has 0 aromatic heterocycles. The fourth-order valence-electron chi connectivity index (χ4n) is 2.21. The lowest BCUT2D eigenvalue weighted by molar-refractivity contribution is -0.235. The Bertz CT molecular complexity index is 195. The predicted molar refractivity (Wildman–Crippen MR) is 47.1 cm³/mol. The summed E-state index contributed by atoms with van der Waals surface area (Å²) in [6.45, 7) is 0. The molecular weight excluding hydrogens is 195 g/mol.